The number of nitrogens with zero attached hydrogens (tertiary/aromatic N) is 3. The van der Waals surface area contributed by atoms with E-state index < -0.39 is 29.1 Å². The molecule has 246 valence electrons. The highest BCUT2D eigenvalue weighted by atomic mass is 32.2. The van der Waals surface area contributed by atoms with Gasteiger partial charge in [0.25, 0.3) is 5.56 Å². The minimum absolute atomic E-state index is 0.0678. The third-order valence-corrected chi connectivity index (χ3v) is 7.92. The number of carbonyl (C=O) groups excluding carboxylic acids is 1. The summed E-state index contributed by atoms with van der Waals surface area (Å²) in [6.07, 6.45) is -2.33. The molecule has 47 heavy (non-hydrogen) atoms. The summed E-state index contributed by atoms with van der Waals surface area (Å²) in [5.41, 5.74) is -1.15. The number of aldehydes is 1. The van der Waals surface area contributed by atoms with Gasteiger partial charge in [0.05, 0.1) is 55.4 Å². The molecule has 3 heterocycles. The summed E-state index contributed by atoms with van der Waals surface area (Å²) >= 11 is 1.01. The van der Waals surface area contributed by atoms with Gasteiger partial charge in [0.15, 0.2) is 23.6 Å². The lowest BCUT2D eigenvalue weighted by Crippen LogP contribution is -2.29. The number of ether oxygens (including phenoxy) is 3. The highest BCUT2D eigenvalue weighted by Crippen LogP contribution is 2.40. The number of benzene rings is 2. The lowest BCUT2D eigenvalue weighted by atomic mass is 10.2. The van der Waals surface area contributed by atoms with E-state index in [4.69, 9.17) is 14.2 Å². The van der Waals surface area contributed by atoms with Crippen molar-refractivity contribution in [3.8, 4) is 23.1 Å². The van der Waals surface area contributed by atoms with Crippen LogP contribution in [0.2, 0.25) is 0 Å². The molecule has 0 aliphatic heterocycles. The number of nitrogens with one attached hydrogen (secondary N) is 1. The average molecular weight is 675 g/mol. The van der Waals surface area contributed by atoms with Crippen LogP contribution in [0.1, 0.15) is 21.6 Å². The van der Waals surface area contributed by atoms with Crippen LogP contribution in [0.3, 0.4) is 0 Å². The molecular formula is C32H27F5N4O5S. The van der Waals surface area contributed by atoms with Crippen molar-refractivity contribution in [2.75, 3.05) is 33.7 Å². The van der Waals surface area contributed by atoms with Crippen molar-refractivity contribution < 1.29 is 41.0 Å². The van der Waals surface area contributed by atoms with E-state index in [2.05, 4.69) is 15.3 Å². The number of hydrogen-bond acceptors (Lipinski definition) is 9. The summed E-state index contributed by atoms with van der Waals surface area (Å²) in [5.74, 6) is 0.197. The number of methoxy groups -OCH3 is 3. The van der Waals surface area contributed by atoms with Crippen LogP contribution >= 0.6 is 11.8 Å². The predicted octanol–water partition coefficient (Wildman–Crippen LogP) is 7.10. The summed E-state index contributed by atoms with van der Waals surface area (Å²) < 4.78 is 83.9. The number of halogens is 5. The van der Waals surface area contributed by atoms with Gasteiger partial charge >= 0.3 is 6.18 Å². The second kappa shape index (κ2) is 14.5. The first-order chi connectivity index (χ1) is 22.4. The van der Waals surface area contributed by atoms with Crippen LogP contribution in [0.15, 0.2) is 75.5 Å². The minimum atomic E-state index is -4.76. The zero-order valence-electron chi connectivity index (χ0n) is 25.5. The van der Waals surface area contributed by atoms with Crippen molar-refractivity contribution in [3.05, 3.63) is 99.7 Å². The van der Waals surface area contributed by atoms with Gasteiger partial charge in [0.1, 0.15) is 11.5 Å². The first-order valence-electron chi connectivity index (χ1n) is 13.5. The van der Waals surface area contributed by atoms with Crippen molar-refractivity contribution in [3.63, 3.8) is 0 Å². The molecule has 0 spiro atoms. The third-order valence-electron chi connectivity index (χ3n) is 6.75. The van der Waals surface area contributed by atoms with E-state index >= 15 is 0 Å². The van der Waals surface area contributed by atoms with E-state index in [9.17, 15) is 31.5 Å². The summed E-state index contributed by atoms with van der Waals surface area (Å²) in [5, 5.41) is 3.39. The zero-order chi connectivity index (χ0) is 34.5. The highest BCUT2D eigenvalue weighted by molar-refractivity contribution is 7.99. The fourth-order valence-corrected chi connectivity index (χ4v) is 5.33. The summed E-state index contributed by atoms with van der Waals surface area (Å²) in [7, 11) is 6.08. The molecule has 0 unspecified atom stereocenters. The van der Waals surface area contributed by atoms with Gasteiger partial charge in [-0.05, 0) is 48.9 Å². The molecule has 0 aliphatic carbocycles. The molecule has 0 amide bonds. The molecule has 2 aromatic carbocycles. The zero-order valence-corrected chi connectivity index (χ0v) is 26.3. The van der Waals surface area contributed by atoms with E-state index in [1.54, 1.807) is 31.3 Å². The van der Waals surface area contributed by atoms with E-state index in [0.29, 0.717) is 49.2 Å². The molecule has 0 bridgehead atoms. The Balaban J connectivity index is 0.000000215. The van der Waals surface area contributed by atoms with Gasteiger partial charge in [-0.1, -0.05) is 11.8 Å². The lowest BCUT2D eigenvalue weighted by Gasteiger charge is -2.17. The summed E-state index contributed by atoms with van der Waals surface area (Å²) in [6.45, 7) is 1.51. The van der Waals surface area contributed by atoms with Crippen LogP contribution in [-0.4, -0.2) is 49.2 Å². The first kappa shape index (κ1) is 34.7. The average Bonchev–Trinajstić information content (AvgIpc) is 3.05. The van der Waals surface area contributed by atoms with Gasteiger partial charge in [0, 0.05) is 35.1 Å². The van der Waals surface area contributed by atoms with Crippen LogP contribution in [-0.2, 0) is 6.18 Å². The summed E-state index contributed by atoms with van der Waals surface area (Å²) in [4.78, 5) is 31.5. The third kappa shape index (κ3) is 7.46. The van der Waals surface area contributed by atoms with Crippen LogP contribution in [0.4, 0.5) is 27.6 Å². The molecule has 5 aromatic rings. The number of hydrogen-bond donors (Lipinski definition) is 1. The number of alkyl halides is 3. The molecule has 0 saturated heterocycles. The standard InChI is InChI=1S/C18H16F2N2O2S.C14H11F3N2O3/c1-21-10-4-5-17(12(19)6-10)25-18-11-7-15(23-2)16(24-3)8-14(11)22-9-13(18)20;1-8-5-12(22-2)18-6-10(8)19-11(14(15,16)17)4-3-9(7-20)13(19)21/h4-9,21H,1-3H3;3-7H,1-2H3. The van der Waals surface area contributed by atoms with Gasteiger partial charge in [0.2, 0.25) is 5.88 Å². The SMILES string of the molecule is CNc1ccc(Sc2c(F)cnc3cc(OC)c(OC)cc23)c(F)c1.COc1cc(C)c(-n2c(C(F)(F)F)ccc(C=O)c2=O)cn1. The fraction of sp³-hybridized carbons (Fsp3) is 0.188. The molecule has 1 N–H and O–H groups in total. The van der Waals surface area contributed by atoms with Crippen molar-refractivity contribution in [1.82, 2.24) is 14.5 Å². The fourth-order valence-electron chi connectivity index (χ4n) is 4.40. The van der Waals surface area contributed by atoms with Gasteiger partial charge in [-0.15, -0.1) is 0 Å². The lowest BCUT2D eigenvalue weighted by molar-refractivity contribution is -0.142. The smallest absolute Gasteiger partial charge is 0.431 e. The van der Waals surface area contributed by atoms with Crippen LogP contribution < -0.4 is 25.1 Å². The molecule has 0 radical (unpaired) electrons. The number of aryl methyl sites for hydroxylation is 1. The van der Waals surface area contributed by atoms with Gasteiger partial charge in [-0.25, -0.2) is 13.8 Å². The Hall–Kier alpha value is -5.18. The molecule has 0 atom stereocenters. The predicted molar refractivity (Wildman–Crippen MR) is 166 cm³/mol. The monoisotopic (exact) mass is 674 g/mol. The topological polar surface area (TPSA) is 105 Å². The normalized spacial score (nSPS) is 11.0. The molecule has 0 saturated carbocycles. The number of pyridine rings is 3. The van der Waals surface area contributed by atoms with E-state index in [0.717, 1.165) is 30.2 Å². The van der Waals surface area contributed by atoms with Gasteiger partial charge in [-0.2, -0.15) is 13.2 Å². The molecular weight excluding hydrogens is 647 g/mol. The number of carbonyl (C=O) groups is 1. The Morgan fingerprint density at radius 3 is 2.17 bits per heavy atom. The van der Waals surface area contributed by atoms with Crippen LogP contribution in [0.5, 0.6) is 17.4 Å². The molecule has 9 nitrogen and oxygen atoms in total. The van der Waals surface area contributed by atoms with E-state index in [-0.39, 0.29) is 28.3 Å². The molecule has 0 aliphatic rings. The molecule has 0 fully saturated rings. The Morgan fingerprint density at radius 1 is 0.894 bits per heavy atom. The maximum absolute atomic E-state index is 14.4. The number of aromatic nitrogens is 3. The second-order valence-electron chi connectivity index (χ2n) is 9.60. The Morgan fingerprint density at radius 2 is 1.60 bits per heavy atom. The van der Waals surface area contributed by atoms with E-state index in [1.807, 2.05) is 0 Å². The summed E-state index contributed by atoms with van der Waals surface area (Å²) in [6, 6.07) is 11.0. The quantitative estimate of drug-likeness (QED) is 0.136. The van der Waals surface area contributed by atoms with Crippen LogP contribution in [0, 0.1) is 18.6 Å². The van der Waals surface area contributed by atoms with Crippen molar-refractivity contribution >= 4 is 34.6 Å². The number of rotatable bonds is 8. The van der Waals surface area contributed by atoms with E-state index in [1.165, 1.54) is 40.4 Å². The van der Waals surface area contributed by atoms with Gasteiger partial charge < -0.3 is 19.5 Å². The maximum atomic E-state index is 14.4. The Kier molecular flexibility index (Phi) is 10.7. The Labute approximate surface area is 269 Å². The highest BCUT2D eigenvalue weighted by Gasteiger charge is 2.35. The number of anilines is 1. The Bertz CT molecular complexity index is 2000. The van der Waals surface area contributed by atoms with Crippen molar-refractivity contribution in [2.24, 2.45) is 0 Å². The van der Waals surface area contributed by atoms with Crippen molar-refractivity contribution in [1.29, 1.82) is 0 Å². The van der Waals surface area contributed by atoms with Crippen LogP contribution in [0.25, 0.3) is 16.6 Å². The van der Waals surface area contributed by atoms with Crippen molar-refractivity contribution in [2.45, 2.75) is 22.9 Å². The molecule has 5 rings (SSSR count). The second-order valence-corrected chi connectivity index (χ2v) is 10.7. The number of fused-ring (bicyclic) bond motifs is 1. The largest absolute Gasteiger partial charge is 0.493 e. The maximum Gasteiger partial charge on any atom is 0.431 e. The molecule has 3 aromatic heterocycles. The first-order valence-corrected chi connectivity index (χ1v) is 14.3. The minimum Gasteiger partial charge on any atom is -0.493 e. The molecule has 15 heteroatoms. The van der Waals surface area contributed by atoms with Gasteiger partial charge in [-0.3, -0.25) is 19.1 Å².